The number of benzene rings is 1. The van der Waals surface area contributed by atoms with Crippen molar-refractivity contribution in [2.24, 2.45) is 0 Å². The molecule has 2 atom stereocenters. The lowest BCUT2D eigenvalue weighted by Gasteiger charge is -2.37. The van der Waals surface area contributed by atoms with Crippen LogP contribution < -0.4 is 10.1 Å². The number of fused-ring (bicyclic) bond motifs is 1. The van der Waals surface area contributed by atoms with Crippen molar-refractivity contribution in [1.29, 1.82) is 0 Å². The monoisotopic (exact) mass is 483 g/mol. The molecule has 32 heavy (non-hydrogen) atoms. The molecule has 0 radical (unpaired) electrons. The molecular formula is C23H34NO6PS. The van der Waals surface area contributed by atoms with Gasteiger partial charge in [0, 0.05) is 11.1 Å². The van der Waals surface area contributed by atoms with Crippen molar-refractivity contribution >= 4 is 17.4 Å². The molecule has 0 bridgehead atoms. The minimum absolute atomic E-state index is 0.0508. The first kappa shape index (κ1) is 25.2. The second-order valence-corrected chi connectivity index (χ2v) is 12.4. The van der Waals surface area contributed by atoms with E-state index in [4.69, 9.17) is 4.74 Å². The van der Waals surface area contributed by atoms with Gasteiger partial charge in [0.05, 0.1) is 30.0 Å². The van der Waals surface area contributed by atoms with Crippen LogP contribution >= 0.6 is 7.60 Å². The molecule has 178 valence electrons. The summed E-state index contributed by atoms with van der Waals surface area (Å²) in [5, 5.41) is 3.72. The van der Waals surface area contributed by atoms with Crippen LogP contribution in [-0.2, 0) is 20.6 Å². The molecule has 1 aliphatic heterocycles. The summed E-state index contributed by atoms with van der Waals surface area (Å²) in [5.41, 5.74) is 1.31. The van der Waals surface area contributed by atoms with Gasteiger partial charge in [-0.2, -0.15) is 0 Å². The zero-order chi connectivity index (χ0) is 23.6. The van der Waals surface area contributed by atoms with E-state index < -0.39 is 29.1 Å². The number of ether oxygens (including phenoxy) is 1. The maximum atomic E-state index is 13.7. The normalized spacial score (nSPS) is 25.0. The number of hydrogen-bond acceptors (Lipinski definition) is 5. The first-order chi connectivity index (χ1) is 15.0. The van der Waals surface area contributed by atoms with Crippen LogP contribution in [0.1, 0.15) is 69.5 Å². The molecule has 3 rings (SSSR count). The van der Waals surface area contributed by atoms with Gasteiger partial charge in [-0.1, -0.05) is 44.9 Å². The first-order valence-corrected chi connectivity index (χ1v) is 14.6. The molecule has 9 heteroatoms. The maximum Gasteiger partial charge on any atom is 0.330 e. The van der Waals surface area contributed by atoms with E-state index in [1.807, 2.05) is 19.1 Å². The lowest BCUT2D eigenvalue weighted by Crippen LogP contribution is -2.50. The van der Waals surface area contributed by atoms with E-state index in [-0.39, 0.29) is 22.3 Å². The molecule has 0 fully saturated rings. The molecule has 1 aliphatic carbocycles. The van der Waals surface area contributed by atoms with Crippen LogP contribution in [0.25, 0.3) is 0 Å². The van der Waals surface area contributed by atoms with E-state index in [0.29, 0.717) is 17.7 Å². The van der Waals surface area contributed by atoms with Gasteiger partial charge in [0.25, 0.3) is 0 Å². The van der Waals surface area contributed by atoms with Crippen LogP contribution in [0.4, 0.5) is 0 Å². The molecule has 0 spiro atoms. The Morgan fingerprint density at radius 1 is 1.28 bits per heavy atom. The fraction of sp³-hybridized carbons (Fsp3) is 0.565. The van der Waals surface area contributed by atoms with Crippen molar-refractivity contribution in [3.05, 3.63) is 47.1 Å². The minimum atomic E-state index is -4.42. The number of hydrogen-bond donors (Lipinski definition) is 3. The number of nitrogens with one attached hydrogen (secondary N) is 1. The van der Waals surface area contributed by atoms with Crippen LogP contribution in [0.5, 0.6) is 5.75 Å². The van der Waals surface area contributed by atoms with Gasteiger partial charge in [-0.05, 0) is 49.0 Å². The van der Waals surface area contributed by atoms with Crippen LogP contribution in [0.2, 0.25) is 0 Å². The third-order valence-electron chi connectivity index (χ3n) is 6.45. The zero-order valence-corrected chi connectivity index (χ0v) is 20.7. The van der Waals surface area contributed by atoms with E-state index in [2.05, 4.69) is 18.3 Å². The predicted molar refractivity (Wildman–Crippen MR) is 126 cm³/mol. The van der Waals surface area contributed by atoms with Crippen molar-refractivity contribution in [3.8, 4) is 5.75 Å². The van der Waals surface area contributed by atoms with E-state index in [9.17, 15) is 22.8 Å². The Labute approximate surface area is 191 Å². The Hall–Kier alpha value is -1.44. The smallest absolute Gasteiger partial charge is 0.330 e. The molecule has 0 unspecified atom stereocenters. The summed E-state index contributed by atoms with van der Waals surface area (Å²) in [6.07, 6.45) is 10.5. The highest BCUT2D eigenvalue weighted by Gasteiger charge is 2.43. The highest BCUT2D eigenvalue weighted by Crippen LogP contribution is 2.46. The number of rotatable bonds is 8. The molecule has 0 saturated heterocycles. The van der Waals surface area contributed by atoms with Crippen LogP contribution in [0.15, 0.2) is 40.8 Å². The van der Waals surface area contributed by atoms with Crippen molar-refractivity contribution in [3.63, 3.8) is 0 Å². The largest absolute Gasteiger partial charge is 0.496 e. The van der Waals surface area contributed by atoms with Gasteiger partial charge in [-0.25, -0.2) is 8.42 Å². The Bertz CT molecular complexity index is 1060. The van der Waals surface area contributed by atoms with Gasteiger partial charge in [-0.3, -0.25) is 9.88 Å². The van der Waals surface area contributed by atoms with E-state index in [0.717, 1.165) is 37.7 Å². The summed E-state index contributed by atoms with van der Waals surface area (Å²) < 4.78 is 44.5. The summed E-state index contributed by atoms with van der Waals surface area (Å²) in [5.74, 6) is 0.240. The highest BCUT2D eigenvalue weighted by atomic mass is 32.2. The predicted octanol–water partition coefficient (Wildman–Crippen LogP) is 4.41. The summed E-state index contributed by atoms with van der Waals surface area (Å²) >= 11 is 0. The molecule has 0 aromatic heterocycles. The van der Waals surface area contributed by atoms with E-state index in [1.165, 1.54) is 13.2 Å². The Morgan fingerprint density at radius 2 is 2.03 bits per heavy atom. The number of unbranched alkanes of at least 4 members (excludes halogenated alkanes) is 1. The minimum Gasteiger partial charge on any atom is -0.496 e. The first-order valence-electron chi connectivity index (χ1n) is 11.2. The summed E-state index contributed by atoms with van der Waals surface area (Å²) in [7, 11) is -6.71. The van der Waals surface area contributed by atoms with E-state index in [1.54, 1.807) is 6.07 Å². The lowest BCUT2D eigenvalue weighted by atomic mass is 9.86. The van der Waals surface area contributed by atoms with Crippen molar-refractivity contribution < 1.29 is 27.5 Å². The third-order valence-corrected chi connectivity index (χ3v) is 9.16. The zero-order valence-electron chi connectivity index (χ0n) is 19.0. The quantitative estimate of drug-likeness (QED) is 0.470. The van der Waals surface area contributed by atoms with Gasteiger partial charge in [0.2, 0.25) is 0 Å². The van der Waals surface area contributed by atoms with Crippen LogP contribution in [-0.4, -0.2) is 36.6 Å². The third kappa shape index (κ3) is 5.54. The lowest BCUT2D eigenvalue weighted by molar-refractivity contribution is 0.290. The SMILES string of the molecule is CCCC[C@]1(CC)CS(=O)(=O)c2cc(CP(=O)(O)O)c(OC)cc2[C@H](C2=CC=CCC2)N1. The fourth-order valence-corrected chi connectivity index (χ4v) is 7.57. The average Bonchev–Trinajstić information content (AvgIpc) is 2.84. The topological polar surface area (TPSA) is 113 Å². The van der Waals surface area contributed by atoms with E-state index >= 15 is 0 Å². The van der Waals surface area contributed by atoms with Crippen molar-refractivity contribution in [2.75, 3.05) is 12.9 Å². The standard InChI is InChI=1S/C23H34NO6PS/c1-4-6-12-23(5-2)16-32(28,29)21-13-18(15-31(25,26)27)20(30-3)14-19(21)22(24-23)17-10-8-7-9-11-17/h7-8,10,13-14,22,24H,4-6,9,11-12,15-16H2,1-3H3,(H2,25,26,27)/t22-,23+/m0/s1. The number of sulfone groups is 1. The van der Waals surface area contributed by atoms with Gasteiger partial charge in [-0.15, -0.1) is 0 Å². The molecule has 1 heterocycles. The van der Waals surface area contributed by atoms with Gasteiger partial charge in [0.1, 0.15) is 5.75 Å². The Morgan fingerprint density at radius 3 is 2.59 bits per heavy atom. The molecule has 1 aromatic carbocycles. The average molecular weight is 484 g/mol. The Balaban J connectivity index is 2.25. The van der Waals surface area contributed by atoms with Crippen molar-refractivity contribution in [1.82, 2.24) is 5.32 Å². The molecule has 3 N–H and O–H groups in total. The summed E-state index contributed by atoms with van der Waals surface area (Å²) in [6, 6.07) is 2.75. The van der Waals surface area contributed by atoms with Crippen LogP contribution in [0.3, 0.4) is 0 Å². The Kier molecular flexibility index (Phi) is 7.73. The van der Waals surface area contributed by atoms with Crippen molar-refractivity contribution in [2.45, 2.75) is 75.0 Å². The van der Waals surface area contributed by atoms with Gasteiger partial charge < -0.3 is 14.5 Å². The molecule has 0 amide bonds. The molecule has 2 aliphatic rings. The molecule has 7 nitrogen and oxygen atoms in total. The fourth-order valence-electron chi connectivity index (χ4n) is 4.71. The highest BCUT2D eigenvalue weighted by molar-refractivity contribution is 7.91. The maximum absolute atomic E-state index is 13.7. The number of methoxy groups -OCH3 is 1. The summed E-state index contributed by atoms with van der Waals surface area (Å²) in [4.78, 5) is 19.2. The summed E-state index contributed by atoms with van der Waals surface area (Å²) in [6.45, 7) is 4.11. The molecule has 0 saturated carbocycles. The molecular weight excluding hydrogens is 449 g/mol. The van der Waals surface area contributed by atoms with Crippen LogP contribution in [0, 0.1) is 0 Å². The van der Waals surface area contributed by atoms with Gasteiger partial charge in [0.15, 0.2) is 9.84 Å². The number of allylic oxidation sites excluding steroid dienone is 3. The molecule has 1 aromatic rings. The van der Waals surface area contributed by atoms with Gasteiger partial charge >= 0.3 is 7.60 Å². The second-order valence-electron chi connectivity index (χ2n) is 8.81. The second kappa shape index (κ2) is 9.82.